The highest BCUT2D eigenvalue weighted by Crippen LogP contribution is 2.75. The second-order valence-electron chi connectivity index (χ2n) is 15.1. The van der Waals surface area contributed by atoms with Crippen molar-refractivity contribution in [2.75, 3.05) is 6.61 Å². The van der Waals surface area contributed by atoms with Crippen molar-refractivity contribution in [2.24, 2.45) is 50.2 Å². The van der Waals surface area contributed by atoms with Crippen molar-refractivity contribution in [1.29, 1.82) is 0 Å². The fraction of sp³-hybridized carbons (Fsp3) is 0.900. The molecule has 5 aliphatic carbocycles. The molecule has 0 amide bonds. The molecule has 0 radical (unpaired) electrons. The van der Waals surface area contributed by atoms with Gasteiger partial charge in [-0.25, -0.2) is 0 Å². The van der Waals surface area contributed by atoms with E-state index in [9.17, 15) is 25.2 Å². The van der Waals surface area contributed by atoms with Crippen LogP contribution in [0, 0.1) is 50.2 Å². The largest absolute Gasteiger partial charge is 0.481 e. The molecular weight excluding hydrogens is 440 g/mol. The molecule has 4 saturated carbocycles. The maximum Gasteiger partial charge on any atom is 0.310 e. The molecule has 5 nitrogen and oxygen atoms in total. The Morgan fingerprint density at radius 1 is 0.943 bits per heavy atom. The standard InChI is InChI=1S/C30H48O5/c1-25(2)11-13-29(24(34)35)14-12-27(5)18(19(29)15-25)7-8-22-28(27,6)10-9-21-26(3,4)23(33)20(32)16-30(21,22)17-31/h7,19-23,31-33H,8-17H2,1-6H3,(H,34,35)/t19-,20-,21?,22+,23+,27-,28-,29+,30-/m1/s1. The van der Waals surface area contributed by atoms with E-state index in [4.69, 9.17) is 0 Å². The third-order valence-electron chi connectivity index (χ3n) is 13.0. The first-order valence-corrected chi connectivity index (χ1v) is 14.0. The number of hydrogen-bond acceptors (Lipinski definition) is 4. The lowest BCUT2D eigenvalue weighted by molar-refractivity contribution is -0.248. The van der Waals surface area contributed by atoms with Crippen LogP contribution in [0.4, 0.5) is 0 Å². The van der Waals surface area contributed by atoms with Gasteiger partial charge in [0.15, 0.2) is 0 Å². The van der Waals surface area contributed by atoms with Crippen LogP contribution in [0.1, 0.15) is 99.3 Å². The molecule has 5 aliphatic rings. The van der Waals surface area contributed by atoms with Crippen molar-refractivity contribution >= 4 is 5.97 Å². The molecule has 5 heteroatoms. The van der Waals surface area contributed by atoms with Gasteiger partial charge in [0.25, 0.3) is 0 Å². The average Bonchev–Trinajstić information content (AvgIpc) is 2.77. The molecule has 1 unspecified atom stereocenters. The summed E-state index contributed by atoms with van der Waals surface area (Å²) in [6.07, 6.45) is 8.21. The van der Waals surface area contributed by atoms with Crippen molar-refractivity contribution in [2.45, 2.75) is 112 Å². The Bertz CT molecular complexity index is 937. The van der Waals surface area contributed by atoms with Gasteiger partial charge >= 0.3 is 5.97 Å². The van der Waals surface area contributed by atoms with Gasteiger partial charge in [0.1, 0.15) is 0 Å². The second-order valence-corrected chi connectivity index (χ2v) is 15.1. The van der Waals surface area contributed by atoms with Crippen LogP contribution in [-0.4, -0.2) is 45.2 Å². The van der Waals surface area contributed by atoms with Gasteiger partial charge in [-0.1, -0.05) is 53.2 Å². The van der Waals surface area contributed by atoms with Crippen LogP contribution in [0.25, 0.3) is 0 Å². The van der Waals surface area contributed by atoms with Crippen LogP contribution >= 0.6 is 0 Å². The number of rotatable bonds is 2. The lowest BCUT2D eigenvalue weighted by atomic mass is 9.33. The summed E-state index contributed by atoms with van der Waals surface area (Å²) in [6, 6.07) is 0. The Hall–Kier alpha value is -0.910. The lowest BCUT2D eigenvalue weighted by Crippen LogP contribution is -2.68. The van der Waals surface area contributed by atoms with E-state index in [1.807, 2.05) is 0 Å². The van der Waals surface area contributed by atoms with Crippen molar-refractivity contribution in [3.8, 4) is 0 Å². The van der Waals surface area contributed by atoms with Crippen LogP contribution in [0.3, 0.4) is 0 Å². The first-order valence-electron chi connectivity index (χ1n) is 14.0. The van der Waals surface area contributed by atoms with Crippen LogP contribution in [0.15, 0.2) is 11.6 Å². The number of aliphatic hydroxyl groups is 3. The quantitative estimate of drug-likeness (QED) is 0.402. The van der Waals surface area contributed by atoms with Gasteiger partial charge in [-0.05, 0) is 97.2 Å². The number of fused-ring (bicyclic) bond motifs is 7. The van der Waals surface area contributed by atoms with Crippen molar-refractivity contribution < 1.29 is 25.2 Å². The van der Waals surface area contributed by atoms with Crippen LogP contribution in [0.2, 0.25) is 0 Å². The van der Waals surface area contributed by atoms with E-state index < -0.39 is 34.4 Å². The predicted molar refractivity (Wildman–Crippen MR) is 135 cm³/mol. The Balaban J connectivity index is 1.63. The predicted octanol–water partition coefficient (Wildman–Crippen LogP) is 5.18. The number of aliphatic carboxylic acids is 1. The fourth-order valence-corrected chi connectivity index (χ4v) is 10.7. The van der Waals surface area contributed by atoms with Crippen LogP contribution in [-0.2, 0) is 4.79 Å². The smallest absolute Gasteiger partial charge is 0.310 e. The monoisotopic (exact) mass is 488 g/mol. The normalized spacial score (nSPS) is 52.3. The molecule has 0 spiro atoms. The SMILES string of the molecule is CC1(C)CC[C@]2(C(=O)O)CC[C@]3(C)C(=CC[C@@H]4[C@@]5(CO)C[C@@H](O)[C@H](O)C(C)(C)C5CC[C@]43C)[C@H]2C1. The first kappa shape index (κ1) is 25.7. The van der Waals surface area contributed by atoms with E-state index >= 15 is 0 Å². The summed E-state index contributed by atoms with van der Waals surface area (Å²) < 4.78 is 0. The Kier molecular flexibility index (Phi) is 5.56. The van der Waals surface area contributed by atoms with Crippen molar-refractivity contribution in [3.05, 3.63) is 11.6 Å². The van der Waals surface area contributed by atoms with Gasteiger partial charge in [0.2, 0.25) is 0 Å². The minimum atomic E-state index is -0.834. The van der Waals surface area contributed by atoms with E-state index in [1.54, 1.807) is 0 Å². The molecule has 9 atom stereocenters. The Morgan fingerprint density at radius 3 is 2.23 bits per heavy atom. The number of carbonyl (C=O) groups is 1. The summed E-state index contributed by atoms with van der Waals surface area (Å²) in [5.41, 5.74) is -0.245. The molecule has 0 aliphatic heterocycles. The summed E-state index contributed by atoms with van der Waals surface area (Å²) >= 11 is 0. The highest BCUT2D eigenvalue weighted by Gasteiger charge is 2.71. The molecule has 4 fully saturated rings. The molecule has 0 saturated heterocycles. The van der Waals surface area contributed by atoms with E-state index in [0.717, 1.165) is 51.4 Å². The molecule has 0 aromatic heterocycles. The molecule has 5 rings (SSSR count). The topological polar surface area (TPSA) is 98.0 Å². The zero-order valence-electron chi connectivity index (χ0n) is 22.7. The molecular formula is C30H48O5. The average molecular weight is 489 g/mol. The summed E-state index contributed by atoms with van der Waals surface area (Å²) in [5, 5.41) is 43.4. The maximum absolute atomic E-state index is 12.8. The molecule has 35 heavy (non-hydrogen) atoms. The third-order valence-corrected chi connectivity index (χ3v) is 13.0. The number of carboxylic acids is 1. The van der Waals surface area contributed by atoms with Gasteiger partial charge in [-0.3, -0.25) is 4.79 Å². The van der Waals surface area contributed by atoms with Crippen molar-refractivity contribution in [1.82, 2.24) is 0 Å². The second kappa shape index (κ2) is 7.57. The molecule has 0 aromatic carbocycles. The van der Waals surface area contributed by atoms with Crippen molar-refractivity contribution in [3.63, 3.8) is 0 Å². The maximum atomic E-state index is 12.8. The zero-order chi connectivity index (χ0) is 25.8. The fourth-order valence-electron chi connectivity index (χ4n) is 10.7. The molecule has 0 bridgehead atoms. The first-order chi connectivity index (χ1) is 16.1. The van der Waals surface area contributed by atoms with Crippen LogP contribution in [0.5, 0.6) is 0 Å². The number of carboxylic acid groups (broad SMARTS) is 1. The van der Waals surface area contributed by atoms with E-state index in [2.05, 4.69) is 47.6 Å². The van der Waals surface area contributed by atoms with Gasteiger partial charge in [-0.2, -0.15) is 0 Å². The zero-order valence-corrected chi connectivity index (χ0v) is 22.7. The highest BCUT2D eigenvalue weighted by atomic mass is 16.4. The minimum absolute atomic E-state index is 0.0277. The van der Waals surface area contributed by atoms with E-state index in [-0.39, 0.29) is 40.6 Å². The minimum Gasteiger partial charge on any atom is -0.481 e. The number of hydrogen-bond donors (Lipinski definition) is 4. The summed E-state index contributed by atoms with van der Waals surface area (Å²) in [4.78, 5) is 12.8. The van der Waals surface area contributed by atoms with Gasteiger partial charge in [0, 0.05) is 12.0 Å². The molecule has 0 heterocycles. The van der Waals surface area contributed by atoms with Crippen LogP contribution < -0.4 is 0 Å². The molecule has 198 valence electrons. The summed E-state index contributed by atoms with van der Waals surface area (Å²) in [6.45, 7) is 13.5. The number of aliphatic hydroxyl groups excluding tert-OH is 3. The third kappa shape index (κ3) is 3.07. The molecule has 0 aromatic rings. The Labute approximate surface area is 211 Å². The van der Waals surface area contributed by atoms with E-state index in [1.165, 1.54) is 5.57 Å². The summed E-state index contributed by atoms with van der Waals surface area (Å²) in [7, 11) is 0. The molecule has 4 N–H and O–H groups in total. The summed E-state index contributed by atoms with van der Waals surface area (Å²) in [5.74, 6) is -0.207. The van der Waals surface area contributed by atoms with Gasteiger partial charge in [0.05, 0.1) is 17.6 Å². The lowest BCUT2D eigenvalue weighted by Gasteiger charge is -2.71. The number of allylic oxidation sites excluding steroid dienone is 2. The van der Waals surface area contributed by atoms with Gasteiger partial charge in [-0.15, -0.1) is 0 Å². The van der Waals surface area contributed by atoms with E-state index in [0.29, 0.717) is 6.42 Å². The highest BCUT2D eigenvalue weighted by molar-refractivity contribution is 5.76. The Morgan fingerprint density at radius 2 is 1.60 bits per heavy atom. The van der Waals surface area contributed by atoms with Gasteiger partial charge < -0.3 is 20.4 Å².